The van der Waals surface area contributed by atoms with Gasteiger partial charge in [0.2, 0.25) is 6.71 Å². The molecule has 0 spiro atoms. The van der Waals surface area contributed by atoms with Crippen LogP contribution in [0.2, 0.25) is 0 Å². The number of nitrogens with zero attached hydrogens (tertiary/aromatic N) is 3. The van der Waals surface area contributed by atoms with E-state index in [4.69, 9.17) is 0 Å². The molecule has 14 rings (SSSR count). The predicted molar refractivity (Wildman–Crippen MR) is 322 cm³/mol. The van der Waals surface area contributed by atoms with Crippen LogP contribution in [0.15, 0.2) is 228 Å². The van der Waals surface area contributed by atoms with Crippen LogP contribution in [-0.4, -0.2) is 15.8 Å². The molecule has 0 unspecified atom stereocenters. The molecule has 0 saturated carbocycles. The number of hydrogen-bond donors (Lipinski definition) is 0. The lowest BCUT2D eigenvalue weighted by molar-refractivity contribution is 0.591. The van der Waals surface area contributed by atoms with Crippen molar-refractivity contribution >= 4 is 95.5 Å². The highest BCUT2D eigenvalue weighted by atomic mass is 32.2. The van der Waals surface area contributed by atoms with E-state index < -0.39 is 0 Å². The highest BCUT2D eigenvalue weighted by Gasteiger charge is 2.43. The van der Waals surface area contributed by atoms with Crippen molar-refractivity contribution in [2.45, 2.75) is 75.0 Å². The Hall–Kier alpha value is -7.99. The molecular formula is C70H58BN3S. The topological polar surface area (TPSA) is 13.1 Å². The maximum absolute atomic E-state index is 2.71. The van der Waals surface area contributed by atoms with Gasteiger partial charge in [0.05, 0.1) is 27.8 Å². The van der Waals surface area contributed by atoms with E-state index in [9.17, 15) is 0 Å². The van der Waals surface area contributed by atoms with E-state index in [1.165, 1.54) is 145 Å². The largest absolute Gasteiger partial charge is 0.310 e. The van der Waals surface area contributed by atoms with E-state index in [0.29, 0.717) is 0 Å². The van der Waals surface area contributed by atoms with Gasteiger partial charge in [-0.05, 0) is 124 Å². The Balaban J connectivity index is 1.08. The van der Waals surface area contributed by atoms with E-state index in [2.05, 4.69) is 260 Å². The summed E-state index contributed by atoms with van der Waals surface area (Å²) >= 11 is 1.97. The summed E-state index contributed by atoms with van der Waals surface area (Å²) in [5.74, 6) is 0. The van der Waals surface area contributed by atoms with E-state index in [-0.39, 0.29) is 12.1 Å². The van der Waals surface area contributed by atoms with Gasteiger partial charge in [0, 0.05) is 65.2 Å². The monoisotopic (exact) mass is 983 g/mol. The minimum Gasteiger partial charge on any atom is -0.310 e. The van der Waals surface area contributed by atoms with Crippen molar-refractivity contribution < 1.29 is 0 Å². The number of para-hydroxylation sites is 4. The molecule has 10 aromatic carbocycles. The molecular weight excluding hydrogens is 926 g/mol. The van der Waals surface area contributed by atoms with Crippen molar-refractivity contribution in [3.63, 3.8) is 0 Å². The lowest BCUT2D eigenvalue weighted by Crippen LogP contribution is -2.60. The van der Waals surface area contributed by atoms with Crippen LogP contribution in [0.25, 0.3) is 77.2 Å². The first-order valence-electron chi connectivity index (χ1n) is 27.0. The second-order valence-corrected chi connectivity index (χ2v) is 22.9. The molecule has 75 heavy (non-hydrogen) atoms. The molecule has 0 amide bonds. The Bertz CT molecular complexity index is 4030. The van der Waals surface area contributed by atoms with E-state index in [0.717, 1.165) is 18.5 Å². The first-order chi connectivity index (χ1) is 36.8. The van der Waals surface area contributed by atoms with E-state index >= 15 is 0 Å². The third-order valence-electron chi connectivity index (χ3n) is 16.2. The molecule has 2 aliphatic rings. The normalized spacial score (nSPS) is 13.0. The number of fused-ring (bicyclic) bond motifs is 10. The molecule has 3 nitrogen and oxygen atoms in total. The van der Waals surface area contributed by atoms with Gasteiger partial charge in [-0.1, -0.05) is 210 Å². The van der Waals surface area contributed by atoms with Crippen LogP contribution in [-0.2, 0) is 11.8 Å². The summed E-state index contributed by atoms with van der Waals surface area (Å²) in [7, 11) is 0. The van der Waals surface area contributed by atoms with E-state index in [1.807, 2.05) is 11.8 Å². The Labute approximate surface area is 445 Å². The summed E-state index contributed by atoms with van der Waals surface area (Å²) in [4.78, 5) is 5.38. The highest BCUT2D eigenvalue weighted by molar-refractivity contribution is 8.00. The van der Waals surface area contributed by atoms with Crippen molar-refractivity contribution in [2.75, 3.05) is 4.90 Å². The number of aryl methyl sites for hydroxylation is 1. The average Bonchev–Trinajstić information content (AvgIpc) is 3.97. The Kier molecular flexibility index (Phi) is 11.0. The minimum absolute atomic E-state index is 0.000224. The summed E-state index contributed by atoms with van der Waals surface area (Å²) in [5.41, 5.74) is 22.5. The highest BCUT2D eigenvalue weighted by Crippen LogP contribution is 2.51. The maximum atomic E-state index is 2.71. The quantitative estimate of drug-likeness (QED) is 0.100. The molecule has 0 atom stereocenters. The van der Waals surface area contributed by atoms with Gasteiger partial charge in [0.15, 0.2) is 0 Å². The molecule has 4 heterocycles. The SMILES string of the molecule is CCCCCCc1cc2c3c(c1)N(c1c(-c4ccccc4)cc(C(C)(C)C)cc1-c1ccccc1)c1cc(-n4c5ccccc5c5ccccc54)ccc1B3c1ccc(-n3c4ccccc4c4ccccc43)cc1S2. The summed E-state index contributed by atoms with van der Waals surface area (Å²) in [5, 5.41) is 5.08. The molecule has 5 heteroatoms. The van der Waals surface area contributed by atoms with Gasteiger partial charge < -0.3 is 14.0 Å². The van der Waals surface area contributed by atoms with Crippen LogP contribution in [0.1, 0.15) is 64.5 Å². The average molecular weight is 984 g/mol. The maximum Gasteiger partial charge on any atom is 0.249 e. The van der Waals surface area contributed by atoms with Gasteiger partial charge in [0.25, 0.3) is 0 Å². The summed E-state index contributed by atoms with van der Waals surface area (Å²) in [6, 6.07) is 82.8. The predicted octanol–water partition coefficient (Wildman–Crippen LogP) is 17.4. The Morgan fingerprint density at radius 2 is 0.933 bits per heavy atom. The van der Waals surface area contributed by atoms with Crippen LogP contribution in [0, 0.1) is 0 Å². The van der Waals surface area contributed by atoms with Crippen LogP contribution >= 0.6 is 11.8 Å². The number of hydrogen-bond acceptors (Lipinski definition) is 2. The van der Waals surface area contributed by atoms with Crippen LogP contribution in [0.5, 0.6) is 0 Å². The zero-order valence-electron chi connectivity index (χ0n) is 43.1. The summed E-state index contributed by atoms with van der Waals surface area (Å²) < 4.78 is 4.97. The van der Waals surface area contributed by atoms with Gasteiger partial charge in [-0.2, -0.15) is 0 Å². The fraction of sp³-hybridized carbons (Fsp3) is 0.143. The van der Waals surface area contributed by atoms with Crippen LogP contribution in [0.3, 0.4) is 0 Å². The lowest BCUT2D eigenvalue weighted by atomic mass is 9.34. The molecule has 0 N–H and O–H groups in total. The minimum atomic E-state index is -0.101. The zero-order chi connectivity index (χ0) is 50.4. The number of benzene rings is 10. The summed E-state index contributed by atoms with van der Waals surface area (Å²) in [6.07, 6.45) is 5.88. The Morgan fingerprint density at radius 1 is 0.440 bits per heavy atom. The molecule has 0 fully saturated rings. The fourth-order valence-corrected chi connectivity index (χ4v) is 13.8. The Morgan fingerprint density at radius 3 is 1.45 bits per heavy atom. The lowest BCUT2D eigenvalue weighted by Gasteiger charge is -2.42. The third-order valence-corrected chi connectivity index (χ3v) is 17.3. The molecule has 362 valence electrons. The second-order valence-electron chi connectivity index (χ2n) is 21.8. The van der Waals surface area contributed by atoms with Crippen LogP contribution < -0.4 is 21.3 Å². The molecule has 2 aromatic heterocycles. The first kappa shape index (κ1) is 45.6. The van der Waals surface area contributed by atoms with Gasteiger partial charge in [-0.3, -0.25) is 0 Å². The van der Waals surface area contributed by atoms with Gasteiger partial charge in [-0.25, -0.2) is 0 Å². The molecule has 2 aliphatic heterocycles. The molecule has 0 saturated heterocycles. The number of unbranched alkanes of at least 4 members (excludes halogenated alkanes) is 3. The van der Waals surface area contributed by atoms with Gasteiger partial charge >= 0.3 is 0 Å². The molecule has 0 bridgehead atoms. The number of aromatic nitrogens is 2. The van der Waals surface area contributed by atoms with Gasteiger partial charge in [0.1, 0.15) is 0 Å². The third kappa shape index (κ3) is 7.49. The number of rotatable bonds is 10. The van der Waals surface area contributed by atoms with Crippen molar-refractivity contribution in [3.8, 4) is 33.6 Å². The standard InChI is InChI=1S/C70H58BN3S/c1-5-6-7-10-23-46-40-65-68-67(41-46)75-66-45-51(73-62-34-21-17-30-54(62)55-31-18-22-35-63(55)73)37-39-59(66)71(68)58-38-36-50(72-60-32-19-15-28-52(60)53-29-16-20-33-61(53)72)44-64(58)74(65)69-56(47-24-11-8-12-25-47)42-49(70(2,3)4)43-57(69)48-26-13-9-14-27-48/h8-9,11-22,24-45H,5-7,10,23H2,1-4H3. The smallest absolute Gasteiger partial charge is 0.249 e. The van der Waals surface area contributed by atoms with Crippen molar-refractivity contribution in [1.29, 1.82) is 0 Å². The van der Waals surface area contributed by atoms with E-state index in [1.54, 1.807) is 0 Å². The van der Waals surface area contributed by atoms with Gasteiger partial charge in [-0.15, -0.1) is 0 Å². The zero-order valence-corrected chi connectivity index (χ0v) is 44.0. The second kappa shape index (κ2) is 18.1. The number of anilines is 3. The van der Waals surface area contributed by atoms with Crippen LogP contribution in [0.4, 0.5) is 17.1 Å². The molecule has 0 radical (unpaired) electrons. The molecule has 12 aromatic rings. The fourth-order valence-electron chi connectivity index (χ4n) is 12.6. The molecule has 0 aliphatic carbocycles. The van der Waals surface area contributed by atoms with Crippen molar-refractivity contribution in [3.05, 3.63) is 230 Å². The summed E-state index contributed by atoms with van der Waals surface area (Å²) in [6.45, 7) is 9.37. The first-order valence-corrected chi connectivity index (χ1v) is 27.8. The van der Waals surface area contributed by atoms with Crippen molar-refractivity contribution in [2.24, 2.45) is 0 Å². The van der Waals surface area contributed by atoms with Crippen molar-refractivity contribution in [1.82, 2.24) is 9.13 Å².